The van der Waals surface area contributed by atoms with E-state index in [4.69, 9.17) is 9.72 Å². The summed E-state index contributed by atoms with van der Waals surface area (Å²) < 4.78 is 7.52. The summed E-state index contributed by atoms with van der Waals surface area (Å²) in [6.07, 6.45) is 0.462. The molecule has 0 N–H and O–H groups in total. The average molecular weight is 412 g/mol. The number of hydrogen-bond donors (Lipinski definition) is 0. The number of nitrogens with zero attached hydrogens (tertiary/aromatic N) is 3. The number of methoxy groups -OCH3 is 1. The lowest BCUT2D eigenvalue weighted by atomic mass is 10.1. The van der Waals surface area contributed by atoms with Crippen molar-refractivity contribution in [1.29, 1.82) is 0 Å². The summed E-state index contributed by atoms with van der Waals surface area (Å²) in [7, 11) is 1.64. The molecule has 1 unspecified atom stereocenters. The second kappa shape index (κ2) is 7.91. The Labute approximate surface area is 181 Å². The highest BCUT2D eigenvalue weighted by molar-refractivity contribution is 5.96. The maximum Gasteiger partial charge on any atom is 0.227 e. The van der Waals surface area contributed by atoms with Gasteiger partial charge >= 0.3 is 0 Å². The average Bonchev–Trinajstić information content (AvgIpc) is 3.36. The van der Waals surface area contributed by atoms with E-state index in [0.29, 0.717) is 13.0 Å². The Kier molecular flexibility index (Phi) is 4.94. The molecule has 156 valence electrons. The molecule has 5 nitrogen and oxygen atoms in total. The van der Waals surface area contributed by atoms with E-state index < -0.39 is 0 Å². The Bertz CT molecular complexity index is 1230. The van der Waals surface area contributed by atoms with Crippen LogP contribution in [0.1, 0.15) is 29.3 Å². The van der Waals surface area contributed by atoms with Crippen LogP contribution in [-0.2, 0) is 11.3 Å². The van der Waals surface area contributed by atoms with Crippen molar-refractivity contribution in [1.82, 2.24) is 9.55 Å². The van der Waals surface area contributed by atoms with Gasteiger partial charge in [0.05, 0.1) is 18.1 Å². The van der Waals surface area contributed by atoms with Crippen molar-refractivity contribution in [3.05, 3.63) is 89.7 Å². The third-order valence-electron chi connectivity index (χ3n) is 6.02. The summed E-state index contributed by atoms with van der Waals surface area (Å²) in [6, 6.07) is 24.5. The number of para-hydroxylation sites is 2. The molecule has 1 saturated heterocycles. The maximum absolute atomic E-state index is 12.9. The van der Waals surface area contributed by atoms with Crippen molar-refractivity contribution >= 4 is 22.6 Å². The van der Waals surface area contributed by atoms with Crippen molar-refractivity contribution in [3.63, 3.8) is 0 Å². The molecule has 1 aliphatic heterocycles. The quantitative estimate of drug-likeness (QED) is 0.468. The van der Waals surface area contributed by atoms with Gasteiger partial charge in [-0.15, -0.1) is 0 Å². The minimum Gasteiger partial charge on any atom is -0.497 e. The van der Waals surface area contributed by atoms with Gasteiger partial charge in [-0.05, 0) is 48.9 Å². The summed E-state index contributed by atoms with van der Waals surface area (Å²) in [5.41, 5.74) is 5.45. The molecule has 0 saturated carbocycles. The molecule has 0 radical (unpaired) electrons. The molecule has 2 heterocycles. The van der Waals surface area contributed by atoms with Crippen LogP contribution in [0.15, 0.2) is 72.8 Å². The first-order chi connectivity index (χ1) is 15.1. The Morgan fingerprint density at radius 2 is 1.74 bits per heavy atom. The van der Waals surface area contributed by atoms with Crippen molar-refractivity contribution in [3.8, 4) is 5.75 Å². The predicted molar refractivity (Wildman–Crippen MR) is 123 cm³/mol. The first-order valence-corrected chi connectivity index (χ1v) is 10.6. The number of aromatic nitrogens is 2. The van der Waals surface area contributed by atoms with Crippen LogP contribution in [0.4, 0.5) is 5.69 Å². The molecule has 5 rings (SSSR count). The first kappa shape index (κ1) is 19.4. The number of anilines is 1. The first-order valence-electron chi connectivity index (χ1n) is 10.6. The summed E-state index contributed by atoms with van der Waals surface area (Å²) in [5.74, 6) is 1.94. The topological polar surface area (TPSA) is 47.4 Å². The van der Waals surface area contributed by atoms with E-state index in [-0.39, 0.29) is 11.8 Å². The summed E-state index contributed by atoms with van der Waals surface area (Å²) in [5, 5.41) is 0. The maximum atomic E-state index is 12.9. The van der Waals surface area contributed by atoms with Crippen molar-refractivity contribution < 1.29 is 9.53 Å². The molecule has 0 bridgehead atoms. The zero-order valence-corrected chi connectivity index (χ0v) is 17.8. The standard InChI is InChI=1S/C26H25N3O2/c1-18-7-9-19(10-8-18)16-29-24-6-4-3-5-23(24)27-26(29)20-15-25(30)28(17-20)21-11-13-22(31-2)14-12-21/h3-14,20H,15-17H2,1-2H3. The Morgan fingerprint density at radius 1 is 1.00 bits per heavy atom. The fraction of sp³-hybridized carbons (Fsp3) is 0.231. The van der Waals surface area contributed by atoms with Gasteiger partial charge in [0.1, 0.15) is 11.6 Å². The predicted octanol–water partition coefficient (Wildman–Crippen LogP) is 4.92. The van der Waals surface area contributed by atoms with Crippen LogP contribution < -0.4 is 9.64 Å². The molecule has 1 aromatic heterocycles. The number of carbonyl (C=O) groups excluding carboxylic acids is 1. The van der Waals surface area contributed by atoms with E-state index in [1.165, 1.54) is 11.1 Å². The van der Waals surface area contributed by atoms with Crippen LogP contribution in [0.2, 0.25) is 0 Å². The lowest BCUT2D eigenvalue weighted by Gasteiger charge is -2.18. The largest absolute Gasteiger partial charge is 0.497 e. The number of ether oxygens (including phenoxy) is 1. The smallest absolute Gasteiger partial charge is 0.227 e. The van der Waals surface area contributed by atoms with E-state index in [9.17, 15) is 4.79 Å². The summed E-state index contributed by atoms with van der Waals surface area (Å²) in [6.45, 7) is 3.46. The van der Waals surface area contributed by atoms with Gasteiger partial charge in [-0.25, -0.2) is 4.98 Å². The highest BCUT2D eigenvalue weighted by atomic mass is 16.5. The van der Waals surface area contributed by atoms with Gasteiger partial charge in [0.25, 0.3) is 0 Å². The molecule has 1 amide bonds. The number of imidazole rings is 1. The molecule has 31 heavy (non-hydrogen) atoms. The van der Waals surface area contributed by atoms with Crippen molar-refractivity contribution in [2.75, 3.05) is 18.6 Å². The third kappa shape index (κ3) is 3.67. The Balaban J connectivity index is 1.49. The minimum atomic E-state index is 0.0486. The molecule has 0 spiro atoms. The van der Waals surface area contributed by atoms with Crippen molar-refractivity contribution in [2.45, 2.75) is 25.8 Å². The molecule has 1 atom stereocenters. The number of amides is 1. The summed E-state index contributed by atoms with van der Waals surface area (Å²) >= 11 is 0. The van der Waals surface area contributed by atoms with Gasteiger partial charge in [0.15, 0.2) is 0 Å². The molecule has 4 aromatic rings. The van der Waals surface area contributed by atoms with Gasteiger partial charge < -0.3 is 14.2 Å². The van der Waals surface area contributed by atoms with Gasteiger partial charge in [0.2, 0.25) is 5.91 Å². The van der Waals surface area contributed by atoms with Crippen LogP contribution in [0.5, 0.6) is 5.75 Å². The number of aryl methyl sites for hydroxylation is 1. The van der Waals surface area contributed by atoms with Gasteiger partial charge in [-0.3, -0.25) is 4.79 Å². The van der Waals surface area contributed by atoms with Gasteiger partial charge in [-0.1, -0.05) is 42.0 Å². The Hall–Kier alpha value is -3.60. The van der Waals surface area contributed by atoms with E-state index in [0.717, 1.165) is 34.8 Å². The lowest BCUT2D eigenvalue weighted by Crippen LogP contribution is -2.24. The SMILES string of the molecule is COc1ccc(N2CC(c3nc4ccccc4n3Cc3ccc(C)cc3)CC2=O)cc1. The number of carbonyl (C=O) groups is 1. The summed E-state index contributed by atoms with van der Waals surface area (Å²) in [4.78, 5) is 19.7. The monoisotopic (exact) mass is 411 g/mol. The fourth-order valence-corrected chi connectivity index (χ4v) is 4.34. The minimum absolute atomic E-state index is 0.0486. The molecule has 0 aliphatic carbocycles. The van der Waals surface area contributed by atoms with Gasteiger partial charge in [-0.2, -0.15) is 0 Å². The zero-order valence-electron chi connectivity index (χ0n) is 17.8. The fourth-order valence-electron chi connectivity index (χ4n) is 4.34. The van der Waals surface area contributed by atoms with Crippen LogP contribution in [-0.4, -0.2) is 29.1 Å². The highest BCUT2D eigenvalue weighted by Gasteiger charge is 2.34. The van der Waals surface area contributed by atoms with E-state index in [1.54, 1.807) is 7.11 Å². The lowest BCUT2D eigenvalue weighted by molar-refractivity contribution is -0.117. The normalized spacial score (nSPS) is 16.3. The highest BCUT2D eigenvalue weighted by Crippen LogP contribution is 2.34. The zero-order chi connectivity index (χ0) is 21.4. The van der Waals surface area contributed by atoms with Crippen LogP contribution in [0.3, 0.4) is 0 Å². The van der Waals surface area contributed by atoms with E-state index in [2.05, 4.69) is 41.8 Å². The van der Waals surface area contributed by atoms with Crippen LogP contribution in [0, 0.1) is 6.92 Å². The van der Waals surface area contributed by atoms with E-state index in [1.807, 2.05) is 47.4 Å². The molecule has 1 fully saturated rings. The number of fused-ring (bicyclic) bond motifs is 1. The second-order valence-corrected chi connectivity index (χ2v) is 8.13. The molecule has 3 aromatic carbocycles. The van der Waals surface area contributed by atoms with E-state index >= 15 is 0 Å². The molecule has 1 aliphatic rings. The third-order valence-corrected chi connectivity index (χ3v) is 6.02. The molecule has 5 heteroatoms. The Morgan fingerprint density at radius 3 is 2.48 bits per heavy atom. The second-order valence-electron chi connectivity index (χ2n) is 8.13. The molecular weight excluding hydrogens is 386 g/mol. The number of hydrogen-bond acceptors (Lipinski definition) is 3. The molecular formula is C26H25N3O2. The number of benzene rings is 3. The van der Waals surface area contributed by atoms with Gasteiger partial charge in [0, 0.05) is 31.1 Å². The van der Waals surface area contributed by atoms with Crippen molar-refractivity contribution in [2.24, 2.45) is 0 Å². The number of rotatable bonds is 5. The van der Waals surface area contributed by atoms with Crippen LogP contribution >= 0.6 is 0 Å². The van der Waals surface area contributed by atoms with Crippen LogP contribution in [0.25, 0.3) is 11.0 Å².